The molecular formula is C106H128MnN8O4. The summed E-state index contributed by atoms with van der Waals surface area (Å²) < 4.78 is 0. The van der Waals surface area contributed by atoms with Gasteiger partial charge in [-0.15, -0.1) is 0 Å². The number of carboxylic acids is 2. The van der Waals surface area contributed by atoms with Crippen molar-refractivity contribution < 1.29 is 36.9 Å². The molecule has 10 heterocycles. The zero-order chi connectivity index (χ0) is 83.7. The molecule has 4 atom stereocenters. The van der Waals surface area contributed by atoms with Crippen LogP contribution in [-0.2, 0) is 39.5 Å². The molecule has 0 amide bonds. The van der Waals surface area contributed by atoms with Gasteiger partial charge in [-0.05, 0) is 270 Å². The Hall–Kier alpha value is -9.94. The van der Waals surface area contributed by atoms with Gasteiger partial charge in [0, 0.05) is 61.5 Å². The Bertz CT molecular complexity index is 5290. The summed E-state index contributed by atoms with van der Waals surface area (Å²) >= 11 is 0. The number of aromatic amines is 2. The smallest absolute Gasteiger partial charge is 0.316 e. The van der Waals surface area contributed by atoms with E-state index in [1.807, 2.05) is 12.1 Å². The zero-order valence-corrected chi connectivity index (χ0v) is 75.0. The van der Waals surface area contributed by atoms with Gasteiger partial charge in [0.2, 0.25) is 0 Å². The Morgan fingerprint density at radius 1 is 0.370 bits per heavy atom. The van der Waals surface area contributed by atoms with Crippen molar-refractivity contribution in [1.82, 2.24) is 20.6 Å². The number of H-pyrrole nitrogens is 2. The Labute approximate surface area is 719 Å². The maximum Gasteiger partial charge on any atom is 0.316 e. The number of hydrogen-bond acceptors (Lipinski definition) is 8. The molecule has 4 unspecified atom stereocenters. The molecule has 0 spiro atoms. The Balaban J connectivity index is 0.000000217. The summed E-state index contributed by atoms with van der Waals surface area (Å²) in [4.78, 5) is 58.8. The molecule has 16 bridgehead atoms. The van der Waals surface area contributed by atoms with Crippen LogP contribution in [0.4, 0.5) is 0 Å². The number of aromatic nitrogens is 2. The molecule has 119 heavy (non-hydrogen) atoms. The zero-order valence-electron chi connectivity index (χ0n) is 73.9. The van der Waals surface area contributed by atoms with Gasteiger partial charge in [-0.2, -0.15) is 0 Å². The normalized spacial score (nSPS) is 23.7. The van der Waals surface area contributed by atoms with E-state index in [9.17, 15) is 19.8 Å². The van der Waals surface area contributed by atoms with Crippen molar-refractivity contribution in [3.05, 3.63) is 289 Å². The van der Waals surface area contributed by atoms with E-state index >= 15 is 0 Å². The predicted molar refractivity (Wildman–Crippen MR) is 494 cm³/mol. The Kier molecular flexibility index (Phi) is 29.0. The SMILES string of the molecule is CCCCC1=C(C)/C2=C(\c3ccccc3)C3=C(C)C(CCCC)(C(=O)O)C(/C=C4N=C(C(C)=C\4CCCC)/C(c4ccccc4)=c4\[nH]/c(c(CCCC)c4C)=C\C1=N2)N3.CCCCC1=C(C)/C2=C(\c3ccccc3)C3=C(C)C(CCCC)(C(=O)O)C(/C=C4N=C(C(C)=C\4CCCC)/C(c4ccccc4)=c4\[nH]/c(c(CCCC)c4C)=C\C1=N2)N3.[Mn]. The molecule has 8 aliphatic heterocycles. The first kappa shape index (κ1) is 88.3. The second-order valence-corrected chi connectivity index (χ2v) is 34.0. The van der Waals surface area contributed by atoms with Crippen molar-refractivity contribution in [2.45, 2.75) is 277 Å². The van der Waals surface area contributed by atoms with E-state index in [2.05, 4.69) is 265 Å². The van der Waals surface area contributed by atoms with Crippen LogP contribution in [-0.4, -0.2) is 67.1 Å². The standard InChI is InChI=1S/2C53H64N4O2.Mn/c2*1-9-13-27-39-33(5)48-46(37-23-19-17-20-24-37)49-35(7)41(29-15-11-3)44(56-49)32-45-53(52(58)59,30-16-12-4)36(8)51(57-45)47(38-25-21-18-22-26-38)50-34(6)40(28-14-10-2)43(55-50)31-42(39)54-48;/h2*17-26,31-32,45,54,57H,9-16,27-30H2,1-8H3,(H,58,59);/b2*42-31-,44-32-,48-46-,50-47-;. The van der Waals surface area contributed by atoms with Crippen LogP contribution >= 0.6 is 0 Å². The molecular weight excluding hydrogens is 1500 g/mol. The van der Waals surface area contributed by atoms with Gasteiger partial charge >= 0.3 is 11.9 Å². The quantitative estimate of drug-likeness (QED) is 0.0244. The average Bonchev–Trinajstić information content (AvgIpc) is 1.57. The summed E-state index contributed by atoms with van der Waals surface area (Å²) in [6.07, 6.45) is 31.7. The predicted octanol–water partition coefficient (Wildman–Crippen LogP) is 22.8. The van der Waals surface area contributed by atoms with E-state index in [0.29, 0.717) is 12.8 Å². The van der Waals surface area contributed by atoms with E-state index < -0.39 is 34.9 Å². The van der Waals surface area contributed by atoms with Gasteiger partial charge in [-0.3, -0.25) is 9.59 Å². The van der Waals surface area contributed by atoms with Crippen molar-refractivity contribution in [3.63, 3.8) is 0 Å². The minimum Gasteiger partial charge on any atom is -0.481 e. The number of aliphatic carboxylic acids is 2. The Morgan fingerprint density at radius 3 is 0.966 bits per heavy atom. The number of carboxylic acid groups (broad SMARTS) is 2. The number of benzene rings is 4. The molecule has 0 saturated heterocycles. The fourth-order valence-corrected chi connectivity index (χ4v) is 19.6. The van der Waals surface area contributed by atoms with Crippen LogP contribution in [0.3, 0.4) is 0 Å². The summed E-state index contributed by atoms with van der Waals surface area (Å²) in [6.45, 7) is 35.3. The first-order chi connectivity index (χ1) is 57.2. The number of rotatable bonds is 30. The molecule has 12 nitrogen and oxygen atoms in total. The number of fused-ring (bicyclic) bond motifs is 12. The van der Waals surface area contributed by atoms with Gasteiger partial charge in [-0.25, -0.2) is 20.0 Å². The summed E-state index contributed by atoms with van der Waals surface area (Å²) in [6, 6.07) is 41.3. The first-order valence-corrected chi connectivity index (χ1v) is 44.8. The van der Waals surface area contributed by atoms with E-state index in [1.54, 1.807) is 0 Å². The van der Waals surface area contributed by atoms with Crippen molar-refractivity contribution in [2.24, 2.45) is 30.8 Å². The average molecular weight is 1630 g/mol. The summed E-state index contributed by atoms with van der Waals surface area (Å²) in [5.41, 5.74) is 31.7. The fraction of sp³-hybridized carbons (Fsp3) is 0.415. The number of nitrogens with one attached hydrogen (secondary N) is 4. The van der Waals surface area contributed by atoms with Crippen molar-refractivity contribution >= 4 is 69.2 Å². The van der Waals surface area contributed by atoms with Crippen LogP contribution in [0.5, 0.6) is 0 Å². The van der Waals surface area contributed by atoms with Crippen molar-refractivity contribution in [3.8, 4) is 0 Å². The van der Waals surface area contributed by atoms with Gasteiger partial charge < -0.3 is 30.8 Å². The number of allylic oxidation sites excluding steroid dienone is 10. The minimum absolute atomic E-state index is 0. The third kappa shape index (κ3) is 16.9. The number of unbranched alkanes of at least 4 members (excludes halogenated alkanes) is 8. The number of hydrogen-bond donors (Lipinski definition) is 6. The fourth-order valence-electron chi connectivity index (χ4n) is 19.6. The topological polar surface area (TPSA) is 180 Å². The third-order valence-electron chi connectivity index (χ3n) is 26.7. The summed E-state index contributed by atoms with van der Waals surface area (Å²) in [7, 11) is 0. The van der Waals surface area contributed by atoms with Gasteiger partial charge in [-0.1, -0.05) is 241 Å². The second-order valence-electron chi connectivity index (χ2n) is 34.0. The van der Waals surface area contributed by atoms with Crippen molar-refractivity contribution in [1.29, 1.82) is 0 Å². The largest absolute Gasteiger partial charge is 0.481 e. The third-order valence-corrected chi connectivity index (χ3v) is 26.7. The molecule has 8 aliphatic rings. The molecule has 6 aromatic rings. The van der Waals surface area contributed by atoms with Gasteiger partial charge in [0.1, 0.15) is 10.8 Å². The van der Waals surface area contributed by atoms with Gasteiger partial charge in [0.25, 0.3) is 0 Å². The molecule has 14 rings (SSSR count). The summed E-state index contributed by atoms with van der Waals surface area (Å²) in [5.74, 6) is -1.60. The second kappa shape index (κ2) is 39.1. The summed E-state index contributed by atoms with van der Waals surface area (Å²) in [5, 5.41) is 35.4. The Morgan fingerprint density at radius 2 is 0.664 bits per heavy atom. The number of aliphatic imine (C=N–C) groups is 4. The van der Waals surface area contributed by atoms with E-state index in [4.69, 9.17) is 20.0 Å². The molecule has 6 N–H and O–H groups in total. The molecule has 0 saturated carbocycles. The first-order valence-electron chi connectivity index (χ1n) is 44.8. The molecule has 0 fully saturated rings. The van der Waals surface area contributed by atoms with E-state index in [1.165, 1.54) is 44.5 Å². The van der Waals surface area contributed by atoms with Crippen LogP contribution in [0.1, 0.15) is 283 Å². The molecule has 623 valence electrons. The van der Waals surface area contributed by atoms with E-state index in [0.717, 1.165) is 298 Å². The van der Waals surface area contributed by atoms with Crippen LogP contribution in [0, 0.1) is 24.7 Å². The monoisotopic (exact) mass is 1630 g/mol. The van der Waals surface area contributed by atoms with Crippen LogP contribution in [0.15, 0.2) is 243 Å². The van der Waals surface area contributed by atoms with Crippen molar-refractivity contribution in [2.75, 3.05) is 0 Å². The number of carbonyl (C=O) groups is 2. The molecule has 4 aromatic carbocycles. The minimum atomic E-state index is -1.18. The maximum absolute atomic E-state index is 14.1. The molecule has 0 aliphatic carbocycles. The molecule has 13 heteroatoms. The van der Waals surface area contributed by atoms with Crippen LogP contribution < -0.4 is 32.0 Å². The van der Waals surface area contributed by atoms with Crippen LogP contribution in [0.2, 0.25) is 0 Å². The van der Waals surface area contributed by atoms with Gasteiger partial charge in [0.15, 0.2) is 0 Å². The number of nitrogens with zero attached hydrogens (tertiary/aromatic N) is 4. The molecule has 1 radical (unpaired) electrons. The maximum atomic E-state index is 14.1. The van der Waals surface area contributed by atoms with Crippen LogP contribution in [0.25, 0.3) is 34.4 Å². The van der Waals surface area contributed by atoms with E-state index in [-0.39, 0.29) is 17.1 Å². The van der Waals surface area contributed by atoms with Gasteiger partial charge in [0.05, 0.1) is 68.4 Å². The molecule has 2 aromatic heterocycles.